The molecule has 0 aromatic heterocycles. The van der Waals surface area contributed by atoms with E-state index in [0.29, 0.717) is 0 Å². The van der Waals surface area contributed by atoms with Gasteiger partial charge in [0.2, 0.25) is 0 Å². The molecule has 1 fully saturated rings. The zero-order valence-corrected chi connectivity index (χ0v) is 7.27. The average Bonchev–Trinajstić information content (AvgIpc) is 2.87. The molecule has 0 unspecified atom stereocenters. The van der Waals surface area contributed by atoms with E-state index in [1.807, 2.05) is 0 Å². The maximum Gasteiger partial charge on any atom is -0.0162 e. The highest BCUT2D eigenvalue weighted by molar-refractivity contribution is 5.33. The molecular weight excluding hydrogens is 132 g/mol. The van der Waals surface area contributed by atoms with Gasteiger partial charge in [0, 0.05) is 0 Å². The summed E-state index contributed by atoms with van der Waals surface area (Å²) in [7, 11) is 0. The van der Waals surface area contributed by atoms with Crippen molar-refractivity contribution in [3.63, 3.8) is 0 Å². The van der Waals surface area contributed by atoms with E-state index in [9.17, 15) is 0 Å². The summed E-state index contributed by atoms with van der Waals surface area (Å²) < 4.78 is 0. The van der Waals surface area contributed by atoms with Crippen LogP contribution in [-0.2, 0) is 0 Å². The lowest BCUT2D eigenvalue weighted by Gasteiger charge is -2.13. The highest BCUT2D eigenvalue weighted by Crippen LogP contribution is 2.41. The van der Waals surface area contributed by atoms with Crippen molar-refractivity contribution >= 4 is 0 Å². The van der Waals surface area contributed by atoms with Crippen molar-refractivity contribution in [1.29, 1.82) is 0 Å². The van der Waals surface area contributed by atoms with Crippen molar-refractivity contribution < 1.29 is 0 Å². The fourth-order valence-electron chi connectivity index (χ4n) is 1.93. The van der Waals surface area contributed by atoms with Crippen LogP contribution in [0.1, 0.15) is 39.0 Å². The monoisotopic (exact) mass is 148 g/mol. The molecule has 0 N–H and O–H groups in total. The Morgan fingerprint density at radius 2 is 2.27 bits per heavy atom. The van der Waals surface area contributed by atoms with Gasteiger partial charge in [-0.25, -0.2) is 0 Å². The van der Waals surface area contributed by atoms with Crippen molar-refractivity contribution in [2.45, 2.75) is 39.0 Å². The zero-order valence-electron chi connectivity index (χ0n) is 7.27. The molecule has 1 saturated carbocycles. The van der Waals surface area contributed by atoms with E-state index in [0.717, 1.165) is 5.92 Å². The summed E-state index contributed by atoms with van der Waals surface area (Å²) in [6, 6.07) is 0. The molecule has 2 aliphatic carbocycles. The summed E-state index contributed by atoms with van der Waals surface area (Å²) in [6.45, 7) is 2.29. The normalized spacial score (nSPS) is 24.5. The lowest BCUT2D eigenvalue weighted by molar-refractivity contribution is 0.837. The van der Waals surface area contributed by atoms with Gasteiger partial charge in [-0.15, -0.1) is 0 Å². The fraction of sp³-hybridized carbons (Fsp3) is 0.636. The Labute approximate surface area is 69.0 Å². The molecular formula is C11H16. The average molecular weight is 148 g/mol. The first-order valence-electron chi connectivity index (χ1n) is 4.80. The first kappa shape index (κ1) is 7.15. The molecule has 60 valence electrons. The molecule has 0 aromatic rings. The first-order chi connectivity index (χ1) is 5.42. The summed E-state index contributed by atoms with van der Waals surface area (Å²) in [4.78, 5) is 0. The van der Waals surface area contributed by atoms with Crippen LogP contribution in [0.15, 0.2) is 23.3 Å². The molecule has 0 heterocycles. The zero-order chi connectivity index (χ0) is 7.68. The fourth-order valence-corrected chi connectivity index (χ4v) is 1.93. The van der Waals surface area contributed by atoms with Gasteiger partial charge in [0.1, 0.15) is 0 Å². The van der Waals surface area contributed by atoms with Gasteiger partial charge in [-0.2, -0.15) is 0 Å². The van der Waals surface area contributed by atoms with Crippen molar-refractivity contribution in [2.75, 3.05) is 0 Å². The molecule has 0 bridgehead atoms. The van der Waals surface area contributed by atoms with Crippen LogP contribution < -0.4 is 0 Å². The largest absolute Gasteiger partial charge is 0.0839 e. The third-order valence-electron chi connectivity index (χ3n) is 2.76. The maximum absolute atomic E-state index is 2.38. The van der Waals surface area contributed by atoms with E-state index in [2.05, 4.69) is 19.1 Å². The number of hydrogen-bond acceptors (Lipinski definition) is 0. The number of rotatable bonds is 2. The van der Waals surface area contributed by atoms with Gasteiger partial charge in [0.05, 0.1) is 0 Å². The van der Waals surface area contributed by atoms with Gasteiger partial charge in [-0.05, 0) is 43.6 Å². The summed E-state index contributed by atoms with van der Waals surface area (Å²) in [5, 5.41) is 0. The quantitative estimate of drug-likeness (QED) is 0.562. The summed E-state index contributed by atoms with van der Waals surface area (Å²) in [5.74, 6) is 0.960. The highest BCUT2D eigenvalue weighted by atomic mass is 14.3. The van der Waals surface area contributed by atoms with E-state index in [1.165, 1.54) is 32.1 Å². The summed E-state index contributed by atoms with van der Waals surface area (Å²) in [6.07, 6.45) is 11.5. The second-order valence-corrected chi connectivity index (χ2v) is 3.63. The van der Waals surface area contributed by atoms with Crippen LogP contribution >= 0.6 is 0 Å². The van der Waals surface area contributed by atoms with Gasteiger partial charge in [0.15, 0.2) is 0 Å². The van der Waals surface area contributed by atoms with Gasteiger partial charge in [0.25, 0.3) is 0 Å². The lowest BCUT2D eigenvalue weighted by atomic mass is 9.93. The van der Waals surface area contributed by atoms with E-state index >= 15 is 0 Å². The van der Waals surface area contributed by atoms with E-state index < -0.39 is 0 Å². The lowest BCUT2D eigenvalue weighted by Crippen LogP contribution is -1.95. The molecule has 0 atom stereocenters. The third kappa shape index (κ3) is 1.40. The smallest absolute Gasteiger partial charge is 0.0162 e. The van der Waals surface area contributed by atoms with Crippen LogP contribution in [-0.4, -0.2) is 0 Å². The minimum Gasteiger partial charge on any atom is -0.0839 e. The molecule has 0 saturated heterocycles. The SMILES string of the molecule is CCC1=C(C2CC2)C=CCC1. The van der Waals surface area contributed by atoms with E-state index in [1.54, 1.807) is 11.1 Å². The predicted molar refractivity (Wildman–Crippen MR) is 48.4 cm³/mol. The molecule has 11 heavy (non-hydrogen) atoms. The Morgan fingerprint density at radius 1 is 1.45 bits per heavy atom. The molecule has 0 aromatic carbocycles. The maximum atomic E-state index is 2.38. The van der Waals surface area contributed by atoms with Gasteiger partial charge >= 0.3 is 0 Å². The van der Waals surface area contributed by atoms with Gasteiger partial charge in [-0.1, -0.05) is 24.6 Å². The number of hydrogen-bond donors (Lipinski definition) is 0. The molecule has 2 rings (SSSR count). The van der Waals surface area contributed by atoms with Gasteiger partial charge < -0.3 is 0 Å². The molecule has 0 spiro atoms. The second-order valence-electron chi connectivity index (χ2n) is 3.63. The van der Waals surface area contributed by atoms with Crippen molar-refractivity contribution in [3.8, 4) is 0 Å². The third-order valence-corrected chi connectivity index (χ3v) is 2.76. The molecule has 0 amide bonds. The Hall–Kier alpha value is -0.520. The molecule has 0 heteroatoms. The van der Waals surface area contributed by atoms with E-state index in [-0.39, 0.29) is 0 Å². The van der Waals surface area contributed by atoms with Crippen LogP contribution in [0.5, 0.6) is 0 Å². The number of allylic oxidation sites excluding steroid dienone is 4. The Morgan fingerprint density at radius 3 is 2.91 bits per heavy atom. The molecule has 2 aliphatic rings. The molecule has 0 nitrogen and oxygen atoms in total. The van der Waals surface area contributed by atoms with Crippen LogP contribution in [0.3, 0.4) is 0 Å². The van der Waals surface area contributed by atoms with Crippen molar-refractivity contribution in [1.82, 2.24) is 0 Å². The standard InChI is InChI=1S/C11H16/c1-2-9-5-3-4-6-11(9)10-7-8-10/h4,6,10H,2-3,5,7-8H2,1H3. The first-order valence-corrected chi connectivity index (χ1v) is 4.80. The summed E-state index contributed by atoms with van der Waals surface area (Å²) in [5.41, 5.74) is 3.42. The van der Waals surface area contributed by atoms with Crippen LogP contribution in [0.25, 0.3) is 0 Å². The van der Waals surface area contributed by atoms with Crippen LogP contribution in [0.2, 0.25) is 0 Å². The topological polar surface area (TPSA) is 0 Å². The van der Waals surface area contributed by atoms with Gasteiger partial charge in [-0.3, -0.25) is 0 Å². The Kier molecular flexibility index (Phi) is 1.85. The van der Waals surface area contributed by atoms with Crippen molar-refractivity contribution in [3.05, 3.63) is 23.3 Å². The van der Waals surface area contributed by atoms with Crippen LogP contribution in [0, 0.1) is 5.92 Å². The summed E-state index contributed by atoms with van der Waals surface area (Å²) >= 11 is 0. The Bertz CT molecular complexity index is 204. The van der Waals surface area contributed by atoms with Crippen molar-refractivity contribution in [2.24, 2.45) is 5.92 Å². The predicted octanol–water partition coefficient (Wildman–Crippen LogP) is 3.45. The van der Waals surface area contributed by atoms with E-state index in [4.69, 9.17) is 0 Å². The van der Waals surface area contributed by atoms with Crippen LogP contribution in [0.4, 0.5) is 0 Å². The second kappa shape index (κ2) is 2.84. The molecule has 0 aliphatic heterocycles. The minimum absolute atomic E-state index is 0.960. The molecule has 0 radical (unpaired) electrons. The minimum atomic E-state index is 0.960. The Balaban J connectivity index is 2.20. The highest BCUT2D eigenvalue weighted by Gasteiger charge is 2.26.